The number of hydrogen-bond donors (Lipinski definition) is 0. The molecule has 1 heterocycles. The van der Waals surface area contributed by atoms with Crippen LogP contribution in [0.2, 0.25) is 0 Å². The summed E-state index contributed by atoms with van der Waals surface area (Å²) in [5.74, 6) is -0.269. The predicted octanol–water partition coefficient (Wildman–Crippen LogP) is 4.73. The molecule has 0 aromatic heterocycles. The Morgan fingerprint density at radius 2 is 2.05 bits per heavy atom. The molecular formula is C18H14FNO. The van der Waals surface area contributed by atoms with E-state index in [1.165, 1.54) is 12.1 Å². The number of nitrogens with zero attached hydrogens (tertiary/aromatic N) is 1. The second kappa shape index (κ2) is 5.16. The van der Waals surface area contributed by atoms with Gasteiger partial charge in [0.05, 0.1) is 13.2 Å². The van der Waals surface area contributed by atoms with Gasteiger partial charge in [-0.2, -0.15) is 0 Å². The molecule has 3 heteroatoms. The molecule has 0 aliphatic carbocycles. The first kappa shape index (κ1) is 13.5. The fraction of sp³-hybridized carbons (Fsp3) is 0.167. The van der Waals surface area contributed by atoms with Crippen LogP contribution in [-0.2, 0) is 16.9 Å². The highest BCUT2D eigenvalue weighted by molar-refractivity contribution is 5.54. The summed E-state index contributed by atoms with van der Waals surface area (Å²) in [7, 11) is 0. The van der Waals surface area contributed by atoms with E-state index in [2.05, 4.69) is 11.4 Å². The van der Waals surface area contributed by atoms with Crippen LogP contribution >= 0.6 is 0 Å². The number of ether oxygens (including phenoxy) is 1. The lowest BCUT2D eigenvalue weighted by Crippen LogP contribution is -2.26. The van der Waals surface area contributed by atoms with E-state index >= 15 is 0 Å². The lowest BCUT2D eigenvalue weighted by atomic mass is 9.83. The van der Waals surface area contributed by atoms with Crippen molar-refractivity contribution in [3.05, 3.63) is 89.0 Å². The van der Waals surface area contributed by atoms with Gasteiger partial charge >= 0.3 is 0 Å². The van der Waals surface area contributed by atoms with Gasteiger partial charge in [0.25, 0.3) is 0 Å². The molecule has 2 aromatic carbocycles. The minimum absolute atomic E-state index is 0.269. The summed E-state index contributed by atoms with van der Waals surface area (Å²) in [5.41, 5.74) is 2.91. The van der Waals surface area contributed by atoms with Gasteiger partial charge < -0.3 is 4.74 Å². The zero-order valence-electron chi connectivity index (χ0n) is 11.5. The molecule has 0 amide bonds. The van der Waals surface area contributed by atoms with Crippen molar-refractivity contribution in [2.24, 2.45) is 0 Å². The van der Waals surface area contributed by atoms with Crippen LogP contribution in [-0.4, -0.2) is 0 Å². The SMILES string of the molecule is [C-]#[N+]c1ccc2c(c1)COC2(CC=C)c1ccc(F)cc1. The minimum Gasteiger partial charge on any atom is -0.361 e. The van der Waals surface area contributed by atoms with Crippen molar-refractivity contribution in [2.45, 2.75) is 18.6 Å². The highest BCUT2D eigenvalue weighted by Gasteiger charge is 2.40. The average molecular weight is 279 g/mol. The fourth-order valence-electron chi connectivity index (χ4n) is 2.89. The second-order valence-corrected chi connectivity index (χ2v) is 5.07. The molecule has 0 bridgehead atoms. The smallest absolute Gasteiger partial charge is 0.187 e. The lowest BCUT2D eigenvalue weighted by molar-refractivity contribution is -0.00288. The fourth-order valence-corrected chi connectivity index (χ4v) is 2.89. The molecule has 0 spiro atoms. The van der Waals surface area contributed by atoms with Crippen molar-refractivity contribution in [2.75, 3.05) is 0 Å². The van der Waals surface area contributed by atoms with E-state index < -0.39 is 5.60 Å². The van der Waals surface area contributed by atoms with Gasteiger partial charge in [-0.15, -0.1) is 6.58 Å². The largest absolute Gasteiger partial charge is 0.361 e. The van der Waals surface area contributed by atoms with Gasteiger partial charge in [-0.05, 0) is 28.8 Å². The molecule has 0 saturated heterocycles. The molecule has 0 saturated carbocycles. The Morgan fingerprint density at radius 1 is 1.29 bits per heavy atom. The van der Waals surface area contributed by atoms with Crippen LogP contribution < -0.4 is 0 Å². The average Bonchev–Trinajstić information content (AvgIpc) is 2.87. The van der Waals surface area contributed by atoms with Crippen molar-refractivity contribution in [1.29, 1.82) is 0 Å². The number of rotatable bonds is 3. The molecule has 1 atom stereocenters. The highest BCUT2D eigenvalue weighted by atomic mass is 19.1. The first-order chi connectivity index (χ1) is 10.2. The summed E-state index contributed by atoms with van der Waals surface area (Å²) >= 11 is 0. The van der Waals surface area contributed by atoms with Crippen molar-refractivity contribution < 1.29 is 9.13 Å². The molecular weight excluding hydrogens is 265 g/mol. The van der Waals surface area contributed by atoms with E-state index in [0.717, 1.165) is 16.7 Å². The molecule has 1 aliphatic rings. The Hall–Kier alpha value is -2.44. The van der Waals surface area contributed by atoms with Gasteiger partial charge in [0.1, 0.15) is 11.4 Å². The van der Waals surface area contributed by atoms with Gasteiger partial charge in [-0.1, -0.05) is 36.4 Å². The quantitative estimate of drug-likeness (QED) is 0.585. The van der Waals surface area contributed by atoms with Gasteiger partial charge in [0, 0.05) is 6.42 Å². The van der Waals surface area contributed by atoms with Gasteiger partial charge in [0.2, 0.25) is 0 Å². The number of benzene rings is 2. The number of hydrogen-bond acceptors (Lipinski definition) is 1. The predicted molar refractivity (Wildman–Crippen MR) is 79.5 cm³/mol. The maximum atomic E-state index is 13.2. The first-order valence-corrected chi connectivity index (χ1v) is 6.71. The van der Waals surface area contributed by atoms with E-state index in [-0.39, 0.29) is 5.82 Å². The molecule has 21 heavy (non-hydrogen) atoms. The zero-order chi connectivity index (χ0) is 14.9. The monoisotopic (exact) mass is 279 g/mol. The van der Waals surface area contributed by atoms with Gasteiger partial charge in [0.15, 0.2) is 5.69 Å². The van der Waals surface area contributed by atoms with Crippen LogP contribution in [0.3, 0.4) is 0 Å². The van der Waals surface area contributed by atoms with E-state index in [9.17, 15) is 4.39 Å². The Kier molecular flexibility index (Phi) is 3.32. The summed E-state index contributed by atoms with van der Waals surface area (Å²) in [6.07, 6.45) is 2.41. The zero-order valence-corrected chi connectivity index (χ0v) is 11.5. The second-order valence-electron chi connectivity index (χ2n) is 5.07. The van der Waals surface area contributed by atoms with Crippen molar-refractivity contribution in [3.8, 4) is 0 Å². The molecule has 1 unspecified atom stereocenters. The molecule has 1 aliphatic heterocycles. The third kappa shape index (κ3) is 2.14. The third-order valence-corrected chi connectivity index (χ3v) is 3.87. The standard InChI is InChI=1S/C18H14FNO/c1-3-10-18(14-4-6-15(19)7-5-14)17-9-8-16(20-2)11-13(17)12-21-18/h3-9,11H,1,10,12H2. The van der Waals surface area contributed by atoms with Gasteiger partial charge in [-0.25, -0.2) is 9.24 Å². The molecule has 2 aromatic rings. The molecule has 104 valence electrons. The van der Waals surface area contributed by atoms with Crippen molar-refractivity contribution in [3.63, 3.8) is 0 Å². The number of fused-ring (bicyclic) bond motifs is 1. The summed E-state index contributed by atoms with van der Waals surface area (Å²) in [6, 6.07) is 12.0. The van der Waals surface area contributed by atoms with E-state index in [0.29, 0.717) is 18.7 Å². The van der Waals surface area contributed by atoms with Crippen LogP contribution in [0.1, 0.15) is 23.1 Å². The maximum absolute atomic E-state index is 13.2. The Balaban J connectivity index is 2.16. The van der Waals surface area contributed by atoms with E-state index in [1.54, 1.807) is 24.3 Å². The Morgan fingerprint density at radius 3 is 2.71 bits per heavy atom. The topological polar surface area (TPSA) is 13.6 Å². The molecule has 3 rings (SSSR count). The van der Waals surface area contributed by atoms with E-state index in [4.69, 9.17) is 11.3 Å². The summed E-state index contributed by atoms with van der Waals surface area (Å²) < 4.78 is 19.3. The van der Waals surface area contributed by atoms with Gasteiger partial charge in [-0.3, -0.25) is 0 Å². The Bertz CT molecular complexity index is 730. The van der Waals surface area contributed by atoms with Crippen molar-refractivity contribution in [1.82, 2.24) is 0 Å². The van der Waals surface area contributed by atoms with Crippen LogP contribution in [0.5, 0.6) is 0 Å². The first-order valence-electron chi connectivity index (χ1n) is 6.71. The Labute approximate surface area is 123 Å². The molecule has 0 radical (unpaired) electrons. The normalized spacial score (nSPS) is 19.8. The van der Waals surface area contributed by atoms with Crippen LogP contribution in [0.25, 0.3) is 4.85 Å². The van der Waals surface area contributed by atoms with Crippen molar-refractivity contribution >= 4 is 5.69 Å². The summed E-state index contributed by atoms with van der Waals surface area (Å²) in [5, 5.41) is 0. The van der Waals surface area contributed by atoms with E-state index in [1.807, 2.05) is 12.1 Å². The minimum atomic E-state index is -0.634. The lowest BCUT2D eigenvalue weighted by Gasteiger charge is -2.29. The highest BCUT2D eigenvalue weighted by Crippen LogP contribution is 2.45. The van der Waals surface area contributed by atoms with Crippen LogP contribution in [0, 0.1) is 12.4 Å². The number of halogens is 1. The molecule has 0 fully saturated rings. The van der Waals surface area contributed by atoms with Crippen LogP contribution in [0.15, 0.2) is 55.1 Å². The third-order valence-electron chi connectivity index (χ3n) is 3.87. The summed E-state index contributed by atoms with van der Waals surface area (Å²) in [4.78, 5) is 3.45. The molecule has 2 nitrogen and oxygen atoms in total. The molecule has 0 N–H and O–H groups in total. The maximum Gasteiger partial charge on any atom is 0.187 e. The van der Waals surface area contributed by atoms with Crippen LogP contribution in [0.4, 0.5) is 10.1 Å². The summed E-state index contributed by atoms with van der Waals surface area (Å²) in [6.45, 7) is 11.4.